The summed E-state index contributed by atoms with van der Waals surface area (Å²) in [4.78, 5) is 17.4. The second kappa shape index (κ2) is 8.48. The molecule has 0 saturated carbocycles. The molecule has 0 aliphatic carbocycles. The number of hydrogen-bond donors (Lipinski definition) is 0. The average molecular weight is 240 g/mol. The Bertz CT molecular complexity index is 195. The van der Waals surface area contributed by atoms with Gasteiger partial charge in [0.15, 0.2) is 0 Å². The highest BCUT2D eigenvalue weighted by molar-refractivity contribution is 5.47. The first-order valence-electron chi connectivity index (χ1n) is 6.87. The van der Waals surface area contributed by atoms with Crippen molar-refractivity contribution in [2.24, 2.45) is 0 Å². The molecule has 1 saturated heterocycles. The van der Waals surface area contributed by atoms with Gasteiger partial charge in [0.2, 0.25) is 0 Å². The van der Waals surface area contributed by atoms with Crippen LogP contribution in [0.25, 0.3) is 0 Å². The summed E-state index contributed by atoms with van der Waals surface area (Å²) in [5, 5.41) is 0. The van der Waals surface area contributed by atoms with Gasteiger partial charge in [-0.15, -0.1) is 0 Å². The molecule has 0 atom stereocenters. The van der Waals surface area contributed by atoms with Crippen molar-refractivity contribution in [2.75, 3.05) is 52.4 Å². The molecule has 1 aliphatic heterocycles. The third-order valence-electron chi connectivity index (χ3n) is 3.59. The lowest BCUT2D eigenvalue weighted by Crippen LogP contribution is -2.38. The van der Waals surface area contributed by atoms with Crippen LogP contribution in [0.1, 0.15) is 26.7 Å². The van der Waals surface area contributed by atoms with Crippen molar-refractivity contribution in [1.82, 2.24) is 14.7 Å². The molecule has 1 amide bonds. The van der Waals surface area contributed by atoms with Crippen LogP contribution in [0.2, 0.25) is 0 Å². The molecule has 0 aromatic heterocycles. The molecular weight excluding hydrogens is 214 g/mol. The number of amides is 1. The van der Waals surface area contributed by atoms with Gasteiger partial charge in [0, 0.05) is 26.2 Å². The zero-order valence-corrected chi connectivity index (χ0v) is 11.3. The van der Waals surface area contributed by atoms with Gasteiger partial charge in [0.1, 0.15) is 0 Å². The van der Waals surface area contributed by atoms with E-state index in [2.05, 4.69) is 30.1 Å². The van der Waals surface area contributed by atoms with E-state index in [0.717, 1.165) is 39.3 Å². The van der Waals surface area contributed by atoms with Crippen LogP contribution in [0.15, 0.2) is 0 Å². The second-order valence-corrected chi connectivity index (χ2v) is 4.65. The summed E-state index contributed by atoms with van der Waals surface area (Å²) in [5.74, 6) is 0. The van der Waals surface area contributed by atoms with Gasteiger partial charge in [-0.3, -0.25) is 4.79 Å². The van der Waals surface area contributed by atoms with Gasteiger partial charge in [-0.2, -0.15) is 0 Å². The molecule has 1 radical (unpaired) electrons. The van der Waals surface area contributed by atoms with Crippen LogP contribution >= 0.6 is 0 Å². The number of nitrogens with zero attached hydrogens (tertiary/aromatic N) is 3. The van der Waals surface area contributed by atoms with E-state index < -0.39 is 0 Å². The van der Waals surface area contributed by atoms with Crippen molar-refractivity contribution in [3.8, 4) is 0 Å². The third-order valence-corrected chi connectivity index (χ3v) is 3.59. The summed E-state index contributed by atoms with van der Waals surface area (Å²) in [5.41, 5.74) is 0. The standard InChI is InChI=1S/C13H26N3O/c1-3-14(4-2)9-11-16(13-17)12-10-15-7-5-6-8-15/h3-12H2,1-2H3. The van der Waals surface area contributed by atoms with Gasteiger partial charge in [-0.1, -0.05) is 13.8 Å². The van der Waals surface area contributed by atoms with E-state index in [1.54, 1.807) is 4.90 Å². The Morgan fingerprint density at radius 1 is 1.06 bits per heavy atom. The van der Waals surface area contributed by atoms with Crippen molar-refractivity contribution in [3.63, 3.8) is 0 Å². The maximum atomic E-state index is 10.9. The molecule has 0 bridgehead atoms. The van der Waals surface area contributed by atoms with Gasteiger partial charge in [-0.05, 0) is 39.0 Å². The van der Waals surface area contributed by atoms with Crippen LogP contribution in [0.3, 0.4) is 0 Å². The first-order valence-corrected chi connectivity index (χ1v) is 6.87. The zero-order chi connectivity index (χ0) is 12.5. The SMILES string of the molecule is CCN(CC)CCN([C]=O)CCN1CCCC1. The fraction of sp³-hybridized carbons (Fsp3) is 0.923. The highest BCUT2D eigenvalue weighted by atomic mass is 16.1. The molecule has 0 aromatic carbocycles. The number of carbonyl (C=O) groups excluding carboxylic acids is 1. The van der Waals surface area contributed by atoms with Crippen molar-refractivity contribution in [2.45, 2.75) is 26.7 Å². The Morgan fingerprint density at radius 2 is 1.71 bits per heavy atom. The normalized spacial score (nSPS) is 16.6. The first kappa shape index (κ1) is 14.5. The quantitative estimate of drug-likeness (QED) is 0.558. The lowest BCUT2D eigenvalue weighted by Gasteiger charge is -2.24. The highest BCUT2D eigenvalue weighted by Gasteiger charge is 2.13. The van der Waals surface area contributed by atoms with E-state index in [4.69, 9.17) is 0 Å². The predicted molar refractivity (Wildman–Crippen MR) is 70.7 cm³/mol. The van der Waals surface area contributed by atoms with Crippen molar-refractivity contribution in [3.05, 3.63) is 0 Å². The Kier molecular flexibility index (Phi) is 7.21. The van der Waals surface area contributed by atoms with Crippen LogP contribution in [0, 0.1) is 0 Å². The minimum absolute atomic E-state index is 0.805. The maximum absolute atomic E-state index is 10.9. The summed E-state index contributed by atoms with van der Waals surface area (Å²) in [7, 11) is 0. The molecule has 4 heteroatoms. The molecule has 17 heavy (non-hydrogen) atoms. The molecule has 4 nitrogen and oxygen atoms in total. The lowest BCUT2D eigenvalue weighted by atomic mass is 10.4. The molecule has 1 heterocycles. The molecule has 0 aromatic rings. The van der Waals surface area contributed by atoms with Crippen LogP contribution in [-0.4, -0.2) is 73.5 Å². The Balaban J connectivity index is 2.16. The second-order valence-electron chi connectivity index (χ2n) is 4.65. The molecular formula is C13H26N3O. The summed E-state index contributed by atoms with van der Waals surface area (Å²) >= 11 is 0. The third kappa shape index (κ3) is 5.50. The number of likely N-dealkylation sites (N-methyl/N-ethyl adjacent to an activating group) is 1. The Labute approximate surface area is 106 Å². The fourth-order valence-electron chi connectivity index (χ4n) is 2.27. The Hall–Kier alpha value is -0.610. The molecule has 0 N–H and O–H groups in total. The van der Waals surface area contributed by atoms with Gasteiger partial charge < -0.3 is 14.7 Å². The first-order chi connectivity index (χ1) is 8.30. The molecule has 1 fully saturated rings. The fourth-order valence-corrected chi connectivity index (χ4v) is 2.27. The monoisotopic (exact) mass is 240 g/mol. The smallest absolute Gasteiger partial charge is 0.312 e. The lowest BCUT2D eigenvalue weighted by molar-refractivity contribution is 0.241. The Morgan fingerprint density at radius 3 is 2.24 bits per heavy atom. The predicted octanol–water partition coefficient (Wildman–Crippen LogP) is 0.793. The van der Waals surface area contributed by atoms with Gasteiger partial charge in [0.25, 0.3) is 0 Å². The van der Waals surface area contributed by atoms with Crippen LogP contribution in [0.4, 0.5) is 0 Å². The zero-order valence-electron chi connectivity index (χ0n) is 11.3. The molecule has 0 spiro atoms. The van der Waals surface area contributed by atoms with E-state index in [1.807, 2.05) is 0 Å². The molecule has 1 aliphatic rings. The molecule has 1 rings (SSSR count). The summed E-state index contributed by atoms with van der Waals surface area (Å²) in [6.45, 7) is 12.4. The number of likely N-dealkylation sites (tertiary alicyclic amines) is 1. The van der Waals surface area contributed by atoms with Gasteiger partial charge >= 0.3 is 6.41 Å². The minimum atomic E-state index is 0.805. The summed E-state index contributed by atoms with van der Waals surface area (Å²) < 4.78 is 0. The van der Waals surface area contributed by atoms with E-state index >= 15 is 0 Å². The van der Waals surface area contributed by atoms with Gasteiger partial charge in [0.05, 0.1) is 0 Å². The van der Waals surface area contributed by atoms with Crippen LogP contribution in [0.5, 0.6) is 0 Å². The topological polar surface area (TPSA) is 26.8 Å². The number of hydrogen-bond acceptors (Lipinski definition) is 3. The maximum Gasteiger partial charge on any atom is 0.312 e. The number of rotatable bonds is 9. The molecule has 99 valence electrons. The van der Waals surface area contributed by atoms with E-state index in [0.29, 0.717) is 0 Å². The highest BCUT2D eigenvalue weighted by Crippen LogP contribution is 2.06. The minimum Gasteiger partial charge on any atom is -0.332 e. The van der Waals surface area contributed by atoms with Crippen molar-refractivity contribution >= 4 is 6.41 Å². The summed E-state index contributed by atoms with van der Waals surface area (Å²) in [6.07, 6.45) is 4.68. The molecule has 0 unspecified atom stereocenters. The van der Waals surface area contributed by atoms with E-state index in [9.17, 15) is 4.79 Å². The van der Waals surface area contributed by atoms with Crippen LogP contribution < -0.4 is 0 Å². The van der Waals surface area contributed by atoms with E-state index in [-0.39, 0.29) is 0 Å². The van der Waals surface area contributed by atoms with Gasteiger partial charge in [-0.25, -0.2) is 0 Å². The van der Waals surface area contributed by atoms with E-state index in [1.165, 1.54) is 25.9 Å². The van der Waals surface area contributed by atoms with Crippen molar-refractivity contribution < 1.29 is 4.79 Å². The average Bonchev–Trinajstić information content (AvgIpc) is 2.87. The largest absolute Gasteiger partial charge is 0.332 e. The van der Waals surface area contributed by atoms with Crippen molar-refractivity contribution in [1.29, 1.82) is 0 Å². The summed E-state index contributed by atoms with van der Waals surface area (Å²) in [6, 6.07) is 0. The van der Waals surface area contributed by atoms with Crippen LogP contribution in [-0.2, 0) is 4.79 Å².